The normalized spacial score (nSPS) is 47.7. The van der Waals surface area contributed by atoms with E-state index >= 15 is 0 Å². The largest absolute Gasteiger partial charge is 0.0707 e. The fourth-order valence-electron chi connectivity index (χ4n) is 6.97. The zero-order valence-electron chi connectivity index (χ0n) is 13.6. The molecule has 0 amide bonds. The third-order valence-corrected chi connectivity index (χ3v) is 7.98. The van der Waals surface area contributed by atoms with E-state index in [1.165, 1.54) is 57.8 Å². The Morgan fingerprint density at radius 1 is 1.00 bits per heavy atom. The van der Waals surface area contributed by atoms with Gasteiger partial charge in [-0.05, 0) is 93.3 Å². The summed E-state index contributed by atoms with van der Waals surface area (Å²) in [4.78, 5) is 0. The van der Waals surface area contributed by atoms with Crippen LogP contribution in [0.5, 0.6) is 0 Å². The zero-order chi connectivity index (χ0) is 13.7. The van der Waals surface area contributed by atoms with Crippen molar-refractivity contribution >= 4 is 0 Å². The lowest BCUT2D eigenvalue weighted by molar-refractivity contribution is 0.0122. The van der Waals surface area contributed by atoms with Gasteiger partial charge in [0.05, 0.1) is 0 Å². The second kappa shape index (κ2) is 4.89. The monoisotopic (exact) mass is 272 g/mol. The van der Waals surface area contributed by atoms with Gasteiger partial charge in [0.2, 0.25) is 0 Å². The van der Waals surface area contributed by atoms with Gasteiger partial charge in [0, 0.05) is 0 Å². The highest BCUT2D eigenvalue weighted by molar-refractivity contribution is 5.26. The third-order valence-electron chi connectivity index (χ3n) is 7.98. The average molecular weight is 272 g/mol. The minimum absolute atomic E-state index is 0.711. The summed E-state index contributed by atoms with van der Waals surface area (Å²) in [6.07, 6.45) is 16.5. The lowest BCUT2D eigenvalue weighted by atomic mass is 9.53. The Labute approximate surface area is 125 Å². The highest BCUT2D eigenvalue weighted by atomic mass is 14.6. The maximum atomic E-state index is 2.67. The summed E-state index contributed by atoms with van der Waals surface area (Å²) < 4.78 is 0. The second-order valence-electron chi connectivity index (χ2n) is 8.48. The minimum atomic E-state index is 0.711. The van der Waals surface area contributed by atoms with Crippen molar-refractivity contribution in [3.05, 3.63) is 11.1 Å². The second-order valence-corrected chi connectivity index (χ2v) is 8.48. The van der Waals surface area contributed by atoms with Crippen LogP contribution in [0.2, 0.25) is 0 Å². The number of fused-ring (bicyclic) bond motifs is 4. The van der Waals surface area contributed by atoms with Gasteiger partial charge in [0.1, 0.15) is 0 Å². The van der Waals surface area contributed by atoms with Crippen LogP contribution in [-0.2, 0) is 0 Å². The highest BCUT2D eigenvalue weighted by Gasteiger charge is 2.54. The van der Waals surface area contributed by atoms with Crippen molar-refractivity contribution in [2.45, 2.75) is 84.5 Å². The van der Waals surface area contributed by atoms with Crippen LogP contribution in [0, 0.1) is 29.1 Å². The molecule has 0 heterocycles. The van der Waals surface area contributed by atoms with Gasteiger partial charge in [-0.2, -0.15) is 0 Å². The van der Waals surface area contributed by atoms with Crippen molar-refractivity contribution < 1.29 is 0 Å². The molecule has 0 bridgehead atoms. The van der Waals surface area contributed by atoms with Crippen molar-refractivity contribution in [1.82, 2.24) is 0 Å². The first-order valence-corrected chi connectivity index (χ1v) is 9.45. The topological polar surface area (TPSA) is 0 Å². The average Bonchev–Trinajstić information content (AvgIpc) is 2.83. The van der Waals surface area contributed by atoms with E-state index in [1.807, 2.05) is 11.1 Å². The predicted molar refractivity (Wildman–Crippen MR) is 85.6 cm³/mol. The smallest absolute Gasteiger partial charge is 0.0169 e. The first-order valence-electron chi connectivity index (χ1n) is 9.45. The quantitative estimate of drug-likeness (QED) is 0.504. The van der Waals surface area contributed by atoms with Crippen LogP contribution in [0.15, 0.2) is 11.1 Å². The Bertz CT molecular complexity index is 418. The molecule has 0 saturated heterocycles. The van der Waals surface area contributed by atoms with Crippen LogP contribution in [0.3, 0.4) is 0 Å². The lowest BCUT2D eigenvalue weighted by Gasteiger charge is -2.52. The molecule has 0 N–H and O–H groups in total. The summed E-state index contributed by atoms with van der Waals surface area (Å²) in [7, 11) is 0. The summed E-state index contributed by atoms with van der Waals surface area (Å²) >= 11 is 0. The molecule has 0 heteroatoms. The van der Waals surface area contributed by atoms with Gasteiger partial charge in [-0.15, -0.1) is 0 Å². The Kier molecular flexibility index (Phi) is 3.28. The molecule has 2 saturated carbocycles. The zero-order valence-corrected chi connectivity index (χ0v) is 13.6. The van der Waals surface area contributed by atoms with E-state index in [0.29, 0.717) is 5.41 Å². The van der Waals surface area contributed by atoms with Gasteiger partial charge >= 0.3 is 0 Å². The summed E-state index contributed by atoms with van der Waals surface area (Å²) in [5, 5.41) is 0. The van der Waals surface area contributed by atoms with Crippen molar-refractivity contribution in [2.24, 2.45) is 29.1 Å². The van der Waals surface area contributed by atoms with Crippen LogP contribution in [-0.4, -0.2) is 0 Å². The van der Waals surface area contributed by atoms with E-state index in [4.69, 9.17) is 0 Å². The lowest BCUT2D eigenvalue weighted by Crippen LogP contribution is -2.43. The Hall–Kier alpha value is -0.260. The van der Waals surface area contributed by atoms with Crippen LogP contribution < -0.4 is 0 Å². The van der Waals surface area contributed by atoms with Crippen LogP contribution in [0.25, 0.3) is 0 Å². The molecule has 0 aromatic carbocycles. The van der Waals surface area contributed by atoms with Gasteiger partial charge < -0.3 is 0 Å². The molecular formula is C20H32. The van der Waals surface area contributed by atoms with Crippen LogP contribution in [0.4, 0.5) is 0 Å². The Morgan fingerprint density at radius 2 is 1.85 bits per heavy atom. The van der Waals surface area contributed by atoms with E-state index < -0.39 is 0 Å². The third kappa shape index (κ3) is 1.79. The molecule has 0 aliphatic heterocycles. The van der Waals surface area contributed by atoms with Crippen molar-refractivity contribution in [2.75, 3.05) is 0 Å². The number of hydrogen-bond acceptors (Lipinski definition) is 0. The molecule has 4 aliphatic rings. The standard InChI is InChI=1S/C20H32/c1-3-15-9-11-19-18-10-8-14-6-4-5-7-16(14)17(18)12-13-20(15,19)2/h15,17-19H,3-13H2,1-2H3/t15-,17?,18?,19?,20?/m0/s1. The van der Waals surface area contributed by atoms with Crippen molar-refractivity contribution in [1.29, 1.82) is 0 Å². The summed E-state index contributed by atoms with van der Waals surface area (Å²) in [6.45, 7) is 5.10. The van der Waals surface area contributed by atoms with Crippen molar-refractivity contribution in [3.8, 4) is 0 Å². The molecular weight excluding hydrogens is 240 g/mol. The molecule has 0 aromatic heterocycles. The molecule has 2 fully saturated rings. The molecule has 0 aromatic rings. The number of allylic oxidation sites excluding steroid dienone is 2. The van der Waals surface area contributed by atoms with Gasteiger partial charge in [0.25, 0.3) is 0 Å². The molecule has 4 aliphatic carbocycles. The summed E-state index contributed by atoms with van der Waals surface area (Å²) in [5.41, 5.74) is 4.61. The maximum Gasteiger partial charge on any atom is -0.0169 e. The van der Waals surface area contributed by atoms with E-state index in [1.54, 1.807) is 12.8 Å². The van der Waals surface area contributed by atoms with Gasteiger partial charge in [-0.25, -0.2) is 0 Å². The fourth-order valence-corrected chi connectivity index (χ4v) is 6.97. The van der Waals surface area contributed by atoms with Crippen molar-refractivity contribution in [3.63, 3.8) is 0 Å². The molecule has 112 valence electrons. The summed E-state index contributed by atoms with van der Waals surface area (Å²) in [6, 6.07) is 0. The fraction of sp³-hybridized carbons (Fsp3) is 0.900. The summed E-state index contributed by atoms with van der Waals surface area (Å²) in [5.74, 6) is 4.20. The number of hydrogen-bond donors (Lipinski definition) is 0. The number of rotatable bonds is 1. The molecule has 5 atom stereocenters. The van der Waals surface area contributed by atoms with Crippen LogP contribution in [0.1, 0.15) is 84.5 Å². The van der Waals surface area contributed by atoms with Gasteiger partial charge in [-0.3, -0.25) is 0 Å². The van der Waals surface area contributed by atoms with E-state index in [2.05, 4.69) is 13.8 Å². The Morgan fingerprint density at radius 3 is 2.70 bits per heavy atom. The predicted octanol–water partition coefficient (Wildman–Crippen LogP) is 6.12. The van der Waals surface area contributed by atoms with Gasteiger partial charge in [0.15, 0.2) is 0 Å². The van der Waals surface area contributed by atoms with Crippen LogP contribution >= 0.6 is 0 Å². The first kappa shape index (κ1) is 13.4. The molecule has 20 heavy (non-hydrogen) atoms. The molecule has 0 spiro atoms. The molecule has 4 rings (SSSR count). The van der Waals surface area contributed by atoms with Gasteiger partial charge in [-0.1, -0.05) is 31.4 Å². The maximum absolute atomic E-state index is 2.67. The molecule has 0 nitrogen and oxygen atoms in total. The first-order chi connectivity index (χ1) is 9.74. The molecule has 0 radical (unpaired) electrons. The minimum Gasteiger partial charge on any atom is -0.0707 e. The van der Waals surface area contributed by atoms with E-state index in [0.717, 1.165) is 23.7 Å². The Balaban J connectivity index is 1.63. The highest BCUT2D eigenvalue weighted by Crippen LogP contribution is 2.63. The van der Waals surface area contributed by atoms with E-state index in [-0.39, 0.29) is 0 Å². The van der Waals surface area contributed by atoms with E-state index in [9.17, 15) is 0 Å². The SMILES string of the molecule is CC[C@H]1CCC2C3CCC4=C(CCCC4)C3CCC21C. The molecule has 4 unspecified atom stereocenters.